The summed E-state index contributed by atoms with van der Waals surface area (Å²) in [5, 5.41) is 0. The molecule has 0 aromatic heterocycles. The minimum absolute atomic E-state index is 0.568. The van der Waals surface area contributed by atoms with Crippen molar-refractivity contribution >= 4 is 11.6 Å². The Balaban J connectivity index is 1.80. The summed E-state index contributed by atoms with van der Waals surface area (Å²) in [6.45, 7) is 0.969. The standard InChI is InChI=1S/C5H9ClO/c6-3-1-2-5-4-7-5/h5H,1-4H2. The molecule has 0 aromatic carbocycles. The molecule has 42 valence electrons. The largest absolute Gasteiger partial charge is 0.373 e. The molecular weight excluding hydrogens is 112 g/mol. The third-order valence-corrected chi connectivity index (χ3v) is 1.33. The lowest BCUT2D eigenvalue weighted by Crippen LogP contribution is -1.83. The molecule has 1 saturated heterocycles. The highest BCUT2D eigenvalue weighted by molar-refractivity contribution is 6.17. The Labute approximate surface area is 48.6 Å². The fourth-order valence-electron chi connectivity index (χ4n) is 0.540. The molecule has 2 heteroatoms. The minimum Gasteiger partial charge on any atom is -0.373 e. The zero-order chi connectivity index (χ0) is 5.11. The van der Waals surface area contributed by atoms with E-state index in [2.05, 4.69) is 0 Å². The van der Waals surface area contributed by atoms with E-state index in [1.807, 2.05) is 0 Å². The number of alkyl halides is 1. The second-order valence-corrected chi connectivity index (χ2v) is 2.16. The van der Waals surface area contributed by atoms with Crippen LogP contribution in [0.1, 0.15) is 12.8 Å². The van der Waals surface area contributed by atoms with E-state index in [9.17, 15) is 0 Å². The quantitative estimate of drug-likeness (QED) is 0.405. The summed E-state index contributed by atoms with van der Waals surface area (Å²) in [7, 11) is 0. The van der Waals surface area contributed by atoms with Gasteiger partial charge in [0.1, 0.15) is 0 Å². The second-order valence-electron chi connectivity index (χ2n) is 1.79. The topological polar surface area (TPSA) is 12.5 Å². The van der Waals surface area contributed by atoms with Crippen LogP contribution in [-0.4, -0.2) is 18.6 Å². The first-order chi connectivity index (χ1) is 3.43. The van der Waals surface area contributed by atoms with Gasteiger partial charge in [-0.3, -0.25) is 0 Å². The van der Waals surface area contributed by atoms with Crippen molar-refractivity contribution in [1.29, 1.82) is 0 Å². The van der Waals surface area contributed by atoms with Crippen LogP contribution >= 0.6 is 11.6 Å². The van der Waals surface area contributed by atoms with E-state index in [-0.39, 0.29) is 0 Å². The van der Waals surface area contributed by atoms with Crippen LogP contribution in [-0.2, 0) is 4.74 Å². The molecule has 0 amide bonds. The monoisotopic (exact) mass is 120 g/mol. The van der Waals surface area contributed by atoms with E-state index in [1.54, 1.807) is 0 Å². The highest BCUT2D eigenvalue weighted by Crippen LogP contribution is 2.14. The van der Waals surface area contributed by atoms with Gasteiger partial charge in [-0.1, -0.05) is 0 Å². The van der Waals surface area contributed by atoms with Gasteiger partial charge in [-0.25, -0.2) is 0 Å². The average Bonchev–Trinajstić information content (AvgIpc) is 2.42. The minimum atomic E-state index is 0.568. The number of epoxide rings is 1. The fourth-order valence-corrected chi connectivity index (χ4v) is 0.694. The summed E-state index contributed by atoms with van der Waals surface area (Å²) in [6, 6.07) is 0. The van der Waals surface area contributed by atoms with Crippen molar-refractivity contribution in [3.63, 3.8) is 0 Å². The van der Waals surface area contributed by atoms with E-state index in [4.69, 9.17) is 16.3 Å². The predicted molar refractivity (Wildman–Crippen MR) is 29.7 cm³/mol. The lowest BCUT2D eigenvalue weighted by molar-refractivity contribution is 0.395. The average molecular weight is 121 g/mol. The zero-order valence-corrected chi connectivity index (χ0v) is 4.95. The molecule has 1 rings (SSSR count). The van der Waals surface area contributed by atoms with Gasteiger partial charge in [-0.2, -0.15) is 0 Å². The van der Waals surface area contributed by atoms with Crippen molar-refractivity contribution in [3.8, 4) is 0 Å². The molecule has 1 heterocycles. The first-order valence-electron chi connectivity index (χ1n) is 2.61. The lowest BCUT2D eigenvalue weighted by Gasteiger charge is -1.85. The molecule has 1 atom stereocenters. The van der Waals surface area contributed by atoms with Gasteiger partial charge in [0.05, 0.1) is 12.7 Å². The Bertz CT molecular complexity index is 52.0. The molecule has 7 heavy (non-hydrogen) atoms. The van der Waals surface area contributed by atoms with Gasteiger partial charge in [0.25, 0.3) is 0 Å². The molecule has 0 aliphatic carbocycles. The smallest absolute Gasteiger partial charge is 0.0810 e. The van der Waals surface area contributed by atoms with Gasteiger partial charge < -0.3 is 4.74 Å². The maximum atomic E-state index is 5.42. The Kier molecular flexibility index (Phi) is 1.95. The molecule has 0 saturated carbocycles. The van der Waals surface area contributed by atoms with E-state index in [0.717, 1.165) is 25.3 Å². The van der Waals surface area contributed by atoms with Crippen LogP contribution in [0.4, 0.5) is 0 Å². The van der Waals surface area contributed by atoms with Crippen molar-refractivity contribution in [2.45, 2.75) is 18.9 Å². The molecule has 1 aliphatic heterocycles. The van der Waals surface area contributed by atoms with E-state index in [1.165, 1.54) is 0 Å². The molecular formula is C5H9ClO. The molecule has 1 unspecified atom stereocenters. The van der Waals surface area contributed by atoms with Gasteiger partial charge in [-0.05, 0) is 12.8 Å². The van der Waals surface area contributed by atoms with Gasteiger partial charge in [0.15, 0.2) is 0 Å². The summed E-state index contributed by atoms with van der Waals surface area (Å²) in [5.41, 5.74) is 0. The normalized spacial score (nSPS) is 27.9. The van der Waals surface area contributed by atoms with E-state index >= 15 is 0 Å². The van der Waals surface area contributed by atoms with E-state index in [0.29, 0.717) is 6.10 Å². The maximum absolute atomic E-state index is 5.42. The number of rotatable bonds is 3. The summed E-state index contributed by atoms with van der Waals surface area (Å²) < 4.78 is 4.95. The Morgan fingerprint density at radius 3 is 2.86 bits per heavy atom. The molecule has 0 bridgehead atoms. The second kappa shape index (κ2) is 2.53. The van der Waals surface area contributed by atoms with E-state index < -0.39 is 0 Å². The summed E-state index contributed by atoms with van der Waals surface area (Å²) in [4.78, 5) is 0. The van der Waals surface area contributed by atoms with Gasteiger partial charge in [0.2, 0.25) is 0 Å². The van der Waals surface area contributed by atoms with Crippen LogP contribution < -0.4 is 0 Å². The lowest BCUT2D eigenvalue weighted by atomic mass is 10.3. The van der Waals surface area contributed by atoms with Crippen LogP contribution in [0.25, 0.3) is 0 Å². The Hall–Kier alpha value is 0.250. The molecule has 1 aliphatic rings. The first kappa shape index (κ1) is 5.39. The molecule has 0 N–H and O–H groups in total. The summed E-state index contributed by atoms with van der Waals surface area (Å²) >= 11 is 5.42. The third kappa shape index (κ3) is 2.15. The van der Waals surface area contributed by atoms with Crippen molar-refractivity contribution in [3.05, 3.63) is 0 Å². The number of hydrogen-bond donors (Lipinski definition) is 0. The number of hydrogen-bond acceptors (Lipinski definition) is 1. The summed E-state index contributed by atoms with van der Waals surface area (Å²) in [5.74, 6) is 0.778. The fraction of sp³-hybridized carbons (Fsp3) is 1.00. The van der Waals surface area contributed by atoms with Crippen molar-refractivity contribution in [2.24, 2.45) is 0 Å². The molecule has 0 spiro atoms. The number of halogens is 1. The zero-order valence-electron chi connectivity index (χ0n) is 4.19. The van der Waals surface area contributed by atoms with Crippen molar-refractivity contribution < 1.29 is 4.74 Å². The van der Waals surface area contributed by atoms with Crippen LogP contribution in [0.15, 0.2) is 0 Å². The molecule has 0 aromatic rings. The van der Waals surface area contributed by atoms with Gasteiger partial charge in [0, 0.05) is 5.88 Å². The molecule has 1 nitrogen and oxygen atoms in total. The van der Waals surface area contributed by atoms with Gasteiger partial charge in [-0.15, -0.1) is 11.6 Å². The van der Waals surface area contributed by atoms with Crippen LogP contribution in [0, 0.1) is 0 Å². The highest BCUT2D eigenvalue weighted by atomic mass is 35.5. The summed E-state index contributed by atoms with van der Waals surface area (Å²) in [6.07, 6.45) is 2.83. The first-order valence-corrected chi connectivity index (χ1v) is 3.14. The molecule has 0 radical (unpaired) electrons. The van der Waals surface area contributed by atoms with Crippen LogP contribution in [0.2, 0.25) is 0 Å². The maximum Gasteiger partial charge on any atom is 0.0810 e. The van der Waals surface area contributed by atoms with Crippen LogP contribution in [0.3, 0.4) is 0 Å². The SMILES string of the molecule is ClCCCC1CO1. The number of ether oxygens (including phenoxy) is 1. The van der Waals surface area contributed by atoms with Crippen molar-refractivity contribution in [1.82, 2.24) is 0 Å². The Morgan fingerprint density at radius 1 is 1.71 bits per heavy atom. The highest BCUT2D eigenvalue weighted by Gasteiger charge is 2.20. The van der Waals surface area contributed by atoms with Crippen LogP contribution in [0.5, 0.6) is 0 Å². The predicted octanol–water partition coefficient (Wildman–Crippen LogP) is 1.40. The molecule has 1 fully saturated rings. The van der Waals surface area contributed by atoms with Crippen molar-refractivity contribution in [2.75, 3.05) is 12.5 Å². The third-order valence-electron chi connectivity index (χ3n) is 1.06. The van der Waals surface area contributed by atoms with Gasteiger partial charge >= 0.3 is 0 Å². The Morgan fingerprint density at radius 2 is 2.43 bits per heavy atom.